The fourth-order valence-electron chi connectivity index (χ4n) is 3.19. The smallest absolute Gasteiger partial charge is 0.247 e. The van der Waals surface area contributed by atoms with Crippen LogP contribution in [0.15, 0.2) is 36.4 Å². The van der Waals surface area contributed by atoms with Crippen LogP contribution in [-0.2, 0) is 9.59 Å². The van der Waals surface area contributed by atoms with Crippen molar-refractivity contribution in [2.24, 2.45) is 5.92 Å². The van der Waals surface area contributed by atoms with Crippen molar-refractivity contribution in [2.45, 2.75) is 44.8 Å². The molecular formula is C19H25NO2S. The minimum atomic E-state index is -0.658. The van der Waals surface area contributed by atoms with Gasteiger partial charge in [0.2, 0.25) is 11.8 Å². The van der Waals surface area contributed by atoms with Crippen LogP contribution >= 0.6 is 11.8 Å². The number of imide groups is 1. The molecule has 23 heavy (non-hydrogen) atoms. The van der Waals surface area contributed by atoms with Gasteiger partial charge in [-0.15, -0.1) is 11.8 Å². The van der Waals surface area contributed by atoms with Crippen molar-refractivity contribution in [3.63, 3.8) is 0 Å². The normalized spacial score (nSPS) is 25.1. The average Bonchev–Trinajstić information content (AvgIpc) is 2.67. The number of thioether (sulfide) groups is 1. The third-order valence-corrected chi connectivity index (χ3v) is 5.92. The summed E-state index contributed by atoms with van der Waals surface area (Å²) in [6.45, 7) is 2.19. The molecule has 0 saturated carbocycles. The third-order valence-electron chi connectivity index (χ3n) is 4.41. The molecule has 2 amide bonds. The van der Waals surface area contributed by atoms with Crippen LogP contribution in [0.4, 0.5) is 0 Å². The quantitative estimate of drug-likeness (QED) is 0.606. The Kier molecular flexibility index (Phi) is 5.69. The second kappa shape index (κ2) is 7.35. The van der Waals surface area contributed by atoms with Crippen molar-refractivity contribution < 1.29 is 9.59 Å². The van der Waals surface area contributed by atoms with E-state index in [1.165, 1.54) is 19.3 Å². The molecule has 1 aliphatic heterocycles. The molecule has 0 aromatic heterocycles. The van der Waals surface area contributed by atoms with Gasteiger partial charge in [0.15, 0.2) is 0 Å². The Morgan fingerprint density at radius 3 is 2.57 bits per heavy atom. The van der Waals surface area contributed by atoms with Crippen LogP contribution in [0.5, 0.6) is 0 Å². The molecule has 1 aromatic rings. The number of carbonyl (C=O) groups excluding carboxylic acids is 2. The Balaban J connectivity index is 0.00000192. The van der Waals surface area contributed by atoms with Gasteiger partial charge in [0, 0.05) is 0 Å². The molecule has 1 N–H and O–H groups in total. The second-order valence-electron chi connectivity index (χ2n) is 5.92. The van der Waals surface area contributed by atoms with E-state index in [9.17, 15) is 9.59 Å². The lowest BCUT2D eigenvalue weighted by Gasteiger charge is -2.38. The fourth-order valence-corrected chi connectivity index (χ4v) is 4.67. The Bertz CT molecular complexity index is 611. The lowest BCUT2D eigenvalue weighted by molar-refractivity contribution is -0.125. The molecule has 1 fully saturated rings. The lowest BCUT2D eigenvalue weighted by Crippen LogP contribution is -2.45. The van der Waals surface area contributed by atoms with E-state index in [1.54, 1.807) is 11.8 Å². The zero-order chi connectivity index (χ0) is 15.6. The standard InChI is InChI=1S/C18H21NO2S.CH4/c1-2-3-4-8-11-22-18-12-14(13-9-6-5-7-10-13)15(18)16(20)19-17(18)21;/h5-7,9-10,12,15H,2-4,8,11H2,1H3,(H,19,20,21);1H4/t15-,18+;/m1./s1. The Hall–Kier alpha value is -1.55. The van der Waals surface area contributed by atoms with Gasteiger partial charge in [0.1, 0.15) is 4.75 Å². The van der Waals surface area contributed by atoms with E-state index in [2.05, 4.69) is 12.2 Å². The second-order valence-corrected chi connectivity index (χ2v) is 7.29. The van der Waals surface area contributed by atoms with Gasteiger partial charge in [-0.3, -0.25) is 14.9 Å². The van der Waals surface area contributed by atoms with Gasteiger partial charge in [0.05, 0.1) is 5.92 Å². The lowest BCUT2D eigenvalue weighted by atomic mass is 9.72. The van der Waals surface area contributed by atoms with Crippen molar-refractivity contribution in [3.05, 3.63) is 42.0 Å². The minimum absolute atomic E-state index is 0. The van der Waals surface area contributed by atoms with Crippen LogP contribution in [0, 0.1) is 5.92 Å². The van der Waals surface area contributed by atoms with E-state index < -0.39 is 4.75 Å². The minimum Gasteiger partial charge on any atom is -0.294 e. The monoisotopic (exact) mass is 331 g/mol. The largest absolute Gasteiger partial charge is 0.294 e. The van der Waals surface area contributed by atoms with E-state index in [-0.39, 0.29) is 25.2 Å². The summed E-state index contributed by atoms with van der Waals surface area (Å²) in [5.74, 6) is 0.323. The van der Waals surface area contributed by atoms with Gasteiger partial charge in [-0.2, -0.15) is 0 Å². The summed E-state index contributed by atoms with van der Waals surface area (Å²) in [4.78, 5) is 24.5. The first-order valence-corrected chi connectivity index (χ1v) is 8.95. The van der Waals surface area contributed by atoms with Gasteiger partial charge in [0.25, 0.3) is 0 Å². The molecule has 0 bridgehead atoms. The highest BCUT2D eigenvalue weighted by molar-refractivity contribution is 8.01. The van der Waals surface area contributed by atoms with Crippen LogP contribution in [0.1, 0.15) is 45.6 Å². The molecule has 2 aliphatic rings. The first-order valence-electron chi connectivity index (χ1n) is 7.96. The van der Waals surface area contributed by atoms with Crippen molar-refractivity contribution in [1.29, 1.82) is 0 Å². The summed E-state index contributed by atoms with van der Waals surface area (Å²) in [7, 11) is 0. The average molecular weight is 331 g/mol. The van der Waals surface area contributed by atoms with Crippen LogP contribution in [0.25, 0.3) is 5.57 Å². The number of carbonyl (C=O) groups is 2. The van der Waals surface area contributed by atoms with Crippen LogP contribution < -0.4 is 5.32 Å². The maximum absolute atomic E-state index is 12.3. The number of amides is 2. The molecule has 2 atom stereocenters. The summed E-state index contributed by atoms with van der Waals surface area (Å²) in [6, 6.07) is 9.87. The first kappa shape index (κ1) is 17.8. The highest BCUT2D eigenvalue weighted by atomic mass is 32.2. The summed E-state index contributed by atoms with van der Waals surface area (Å²) in [5.41, 5.74) is 2.03. The van der Waals surface area contributed by atoms with Crippen molar-refractivity contribution in [2.75, 3.05) is 5.75 Å². The molecule has 1 heterocycles. The predicted octanol–water partition coefficient (Wildman–Crippen LogP) is 4.04. The highest BCUT2D eigenvalue weighted by Crippen LogP contribution is 2.54. The molecule has 3 nitrogen and oxygen atoms in total. The number of nitrogens with one attached hydrogen (secondary N) is 1. The number of rotatable bonds is 7. The van der Waals surface area contributed by atoms with E-state index in [0.29, 0.717) is 0 Å². The van der Waals surface area contributed by atoms with E-state index >= 15 is 0 Å². The molecule has 1 aliphatic carbocycles. The SMILES string of the molecule is C.CCCCCCS[C@@]12C=C(c3ccccc3)[C@@H]1C(=O)NC2=O. The predicted molar refractivity (Wildman–Crippen MR) is 97.1 cm³/mol. The van der Waals surface area contributed by atoms with Gasteiger partial charge >= 0.3 is 0 Å². The molecular weight excluding hydrogens is 306 g/mol. The summed E-state index contributed by atoms with van der Waals surface area (Å²) >= 11 is 1.63. The molecule has 0 unspecified atom stereocenters. The summed E-state index contributed by atoms with van der Waals surface area (Å²) in [6.07, 6.45) is 6.72. The van der Waals surface area contributed by atoms with E-state index in [1.807, 2.05) is 36.4 Å². The van der Waals surface area contributed by atoms with Crippen LogP contribution in [0.2, 0.25) is 0 Å². The van der Waals surface area contributed by atoms with E-state index in [4.69, 9.17) is 0 Å². The zero-order valence-electron chi connectivity index (χ0n) is 12.8. The molecule has 0 radical (unpaired) electrons. The molecule has 124 valence electrons. The Labute approximate surface area is 142 Å². The molecule has 4 heteroatoms. The number of hydrogen-bond donors (Lipinski definition) is 1. The molecule has 0 spiro atoms. The van der Waals surface area contributed by atoms with Gasteiger partial charge < -0.3 is 0 Å². The summed E-state index contributed by atoms with van der Waals surface area (Å²) in [5, 5.41) is 2.52. The van der Waals surface area contributed by atoms with E-state index in [0.717, 1.165) is 23.3 Å². The number of benzene rings is 1. The van der Waals surface area contributed by atoms with Crippen molar-refractivity contribution in [1.82, 2.24) is 5.32 Å². The molecule has 3 rings (SSSR count). The van der Waals surface area contributed by atoms with Crippen LogP contribution in [-0.4, -0.2) is 22.3 Å². The van der Waals surface area contributed by atoms with Gasteiger partial charge in [-0.25, -0.2) is 0 Å². The summed E-state index contributed by atoms with van der Waals surface area (Å²) < 4.78 is -0.658. The Morgan fingerprint density at radius 2 is 1.87 bits per heavy atom. The maximum Gasteiger partial charge on any atom is 0.247 e. The van der Waals surface area contributed by atoms with Gasteiger partial charge in [-0.1, -0.05) is 70.0 Å². The number of fused-ring (bicyclic) bond motifs is 1. The number of hydrogen-bond acceptors (Lipinski definition) is 3. The first-order chi connectivity index (χ1) is 10.7. The maximum atomic E-state index is 12.3. The van der Waals surface area contributed by atoms with Gasteiger partial charge in [-0.05, 0) is 23.3 Å². The molecule has 1 aromatic carbocycles. The fraction of sp³-hybridized carbons (Fsp3) is 0.474. The third kappa shape index (κ3) is 3.09. The zero-order valence-corrected chi connectivity index (χ0v) is 13.6. The van der Waals surface area contributed by atoms with Crippen LogP contribution in [0.3, 0.4) is 0 Å². The van der Waals surface area contributed by atoms with Crippen molar-refractivity contribution >= 4 is 29.1 Å². The topological polar surface area (TPSA) is 46.2 Å². The van der Waals surface area contributed by atoms with Crippen molar-refractivity contribution in [3.8, 4) is 0 Å². The molecule has 1 saturated heterocycles. The highest BCUT2D eigenvalue weighted by Gasteiger charge is 2.61. The number of unbranched alkanes of at least 4 members (excludes halogenated alkanes) is 3. The Morgan fingerprint density at radius 1 is 1.13 bits per heavy atom.